The van der Waals surface area contributed by atoms with Crippen LogP contribution in [0, 0.1) is 0 Å². The summed E-state index contributed by atoms with van der Waals surface area (Å²) in [7, 11) is -8.04. The van der Waals surface area contributed by atoms with Gasteiger partial charge < -0.3 is 10.8 Å². The molecular weight excluding hydrogens is 348 g/mol. The van der Waals surface area contributed by atoms with Crippen molar-refractivity contribution >= 4 is 31.7 Å². The zero-order valence-corrected chi connectivity index (χ0v) is 13.4. The summed E-state index contributed by atoms with van der Waals surface area (Å²) in [5.41, 5.74) is 5.07. The lowest BCUT2D eigenvalue weighted by molar-refractivity contribution is -0.136. The van der Waals surface area contributed by atoms with Gasteiger partial charge in [-0.05, 0) is 18.2 Å². The lowest BCUT2D eigenvalue weighted by Crippen LogP contribution is -2.52. The third-order valence-electron chi connectivity index (χ3n) is 3.46. The number of carbonyl (C=O) groups is 2. The fourth-order valence-electron chi connectivity index (χ4n) is 2.17. The van der Waals surface area contributed by atoms with E-state index in [0.29, 0.717) is 0 Å². The van der Waals surface area contributed by atoms with Crippen molar-refractivity contribution in [2.75, 3.05) is 18.8 Å². The lowest BCUT2D eigenvalue weighted by atomic mass is 10.2. The molecule has 1 amide bonds. The number of amides is 1. The van der Waals surface area contributed by atoms with Crippen LogP contribution in [-0.2, 0) is 24.7 Å². The number of carboxylic acids is 1. The molecule has 1 aromatic carbocycles. The molecule has 9 nitrogen and oxygen atoms in total. The number of nitrogens with two attached hydrogens (primary N) is 1. The standard InChI is InChI=1S/C12H14N2O7S2/c13-11(15)8-2-1-3-9(6-8)23(20,21)14-4-5-22(18,19)10(7-14)12(16)17/h1-3,6,10H,4-5,7H2,(H2,13,15)(H,16,17). The summed E-state index contributed by atoms with van der Waals surface area (Å²) < 4.78 is 49.3. The highest BCUT2D eigenvalue weighted by atomic mass is 32.2. The highest BCUT2D eigenvalue weighted by Gasteiger charge is 2.42. The van der Waals surface area contributed by atoms with Gasteiger partial charge in [-0.2, -0.15) is 4.31 Å². The number of nitrogens with zero attached hydrogens (tertiary/aromatic N) is 1. The minimum atomic E-state index is -4.14. The van der Waals surface area contributed by atoms with Gasteiger partial charge in [0, 0.05) is 18.7 Å². The Morgan fingerprint density at radius 3 is 2.52 bits per heavy atom. The second kappa shape index (κ2) is 5.91. The van der Waals surface area contributed by atoms with Crippen LogP contribution in [0.4, 0.5) is 0 Å². The van der Waals surface area contributed by atoms with E-state index in [2.05, 4.69) is 0 Å². The maximum absolute atomic E-state index is 12.5. The van der Waals surface area contributed by atoms with Crippen molar-refractivity contribution in [2.24, 2.45) is 5.73 Å². The Kier molecular flexibility index (Phi) is 4.46. The number of carbonyl (C=O) groups excluding carboxylic acids is 1. The number of carboxylic acid groups (broad SMARTS) is 1. The van der Waals surface area contributed by atoms with Crippen LogP contribution in [0.3, 0.4) is 0 Å². The molecule has 1 aliphatic heterocycles. The first kappa shape index (κ1) is 17.4. The van der Waals surface area contributed by atoms with E-state index in [-0.39, 0.29) is 17.0 Å². The van der Waals surface area contributed by atoms with E-state index in [1.54, 1.807) is 0 Å². The molecule has 1 aliphatic rings. The van der Waals surface area contributed by atoms with Crippen molar-refractivity contribution in [3.63, 3.8) is 0 Å². The Morgan fingerprint density at radius 1 is 1.30 bits per heavy atom. The number of benzene rings is 1. The minimum Gasteiger partial charge on any atom is -0.480 e. The third kappa shape index (κ3) is 3.35. The predicted molar refractivity (Wildman–Crippen MR) is 78.9 cm³/mol. The maximum Gasteiger partial charge on any atom is 0.323 e. The fourth-order valence-corrected chi connectivity index (χ4v) is 5.36. The molecule has 0 aliphatic carbocycles. The smallest absolute Gasteiger partial charge is 0.323 e. The molecule has 126 valence electrons. The Balaban J connectivity index is 2.39. The monoisotopic (exact) mass is 362 g/mol. The summed E-state index contributed by atoms with van der Waals surface area (Å²) in [6.45, 7) is -1.03. The Bertz CT molecular complexity index is 861. The van der Waals surface area contributed by atoms with Crippen molar-refractivity contribution in [3.05, 3.63) is 29.8 Å². The van der Waals surface area contributed by atoms with Crippen molar-refractivity contribution in [1.29, 1.82) is 0 Å². The van der Waals surface area contributed by atoms with Gasteiger partial charge in [0.25, 0.3) is 0 Å². The van der Waals surface area contributed by atoms with Crippen molar-refractivity contribution < 1.29 is 31.5 Å². The molecule has 1 heterocycles. The van der Waals surface area contributed by atoms with Crippen LogP contribution < -0.4 is 5.73 Å². The van der Waals surface area contributed by atoms with Crippen LogP contribution in [-0.4, -0.2) is 62.2 Å². The number of hydrogen-bond donors (Lipinski definition) is 2. The predicted octanol–water partition coefficient (Wildman–Crippen LogP) is -1.34. The van der Waals surface area contributed by atoms with E-state index >= 15 is 0 Å². The van der Waals surface area contributed by atoms with Gasteiger partial charge in [-0.1, -0.05) is 6.07 Å². The van der Waals surface area contributed by atoms with Gasteiger partial charge in [0.1, 0.15) is 0 Å². The molecule has 1 atom stereocenters. The molecule has 1 unspecified atom stereocenters. The Labute approximate surface area is 132 Å². The van der Waals surface area contributed by atoms with Crippen LogP contribution in [0.5, 0.6) is 0 Å². The molecule has 3 N–H and O–H groups in total. The normalized spacial score (nSPS) is 21.7. The van der Waals surface area contributed by atoms with E-state index in [4.69, 9.17) is 10.8 Å². The number of sulfone groups is 1. The summed E-state index contributed by atoms with van der Waals surface area (Å²) in [5.74, 6) is -3.00. The summed E-state index contributed by atoms with van der Waals surface area (Å²) in [4.78, 5) is 21.9. The quantitative estimate of drug-likeness (QED) is 0.672. The van der Waals surface area contributed by atoms with Gasteiger partial charge >= 0.3 is 5.97 Å². The molecule has 1 saturated heterocycles. The van der Waals surface area contributed by atoms with Crippen LogP contribution in [0.1, 0.15) is 10.4 Å². The van der Waals surface area contributed by atoms with Crippen LogP contribution in [0.15, 0.2) is 29.2 Å². The first-order valence-corrected chi connectivity index (χ1v) is 9.55. The molecule has 23 heavy (non-hydrogen) atoms. The fraction of sp³-hybridized carbons (Fsp3) is 0.333. The third-order valence-corrected chi connectivity index (χ3v) is 7.29. The molecule has 0 spiro atoms. The van der Waals surface area contributed by atoms with Gasteiger partial charge in [0.15, 0.2) is 15.1 Å². The number of rotatable bonds is 4. The largest absolute Gasteiger partial charge is 0.480 e. The van der Waals surface area contributed by atoms with Crippen LogP contribution in [0.25, 0.3) is 0 Å². The lowest BCUT2D eigenvalue weighted by Gasteiger charge is -2.29. The van der Waals surface area contributed by atoms with E-state index in [1.165, 1.54) is 18.2 Å². The number of hydrogen-bond acceptors (Lipinski definition) is 6. The van der Waals surface area contributed by atoms with E-state index in [0.717, 1.165) is 10.4 Å². The summed E-state index contributed by atoms with van der Waals surface area (Å²) in [6, 6.07) is 4.95. The van der Waals surface area contributed by atoms with Gasteiger partial charge in [-0.25, -0.2) is 16.8 Å². The van der Waals surface area contributed by atoms with Crippen molar-refractivity contribution in [2.45, 2.75) is 10.1 Å². The highest BCUT2D eigenvalue weighted by molar-refractivity contribution is 7.93. The van der Waals surface area contributed by atoms with Gasteiger partial charge in [0.2, 0.25) is 15.9 Å². The summed E-state index contributed by atoms with van der Waals surface area (Å²) in [5, 5.41) is 7.17. The van der Waals surface area contributed by atoms with Gasteiger partial charge in [-0.3, -0.25) is 9.59 Å². The number of sulfonamides is 1. The molecule has 0 aromatic heterocycles. The zero-order valence-electron chi connectivity index (χ0n) is 11.7. The molecule has 1 aromatic rings. The van der Waals surface area contributed by atoms with E-state index in [9.17, 15) is 26.4 Å². The average Bonchev–Trinajstić information content (AvgIpc) is 2.46. The summed E-state index contributed by atoms with van der Waals surface area (Å²) in [6.07, 6.45) is 0. The molecule has 1 fully saturated rings. The van der Waals surface area contributed by atoms with Crippen molar-refractivity contribution in [1.82, 2.24) is 4.31 Å². The van der Waals surface area contributed by atoms with Crippen LogP contribution in [0.2, 0.25) is 0 Å². The van der Waals surface area contributed by atoms with E-state index < -0.39 is 49.3 Å². The number of aliphatic carboxylic acids is 1. The van der Waals surface area contributed by atoms with Crippen molar-refractivity contribution in [3.8, 4) is 0 Å². The Hall–Kier alpha value is -1.98. The molecule has 0 bridgehead atoms. The molecule has 11 heteroatoms. The second-order valence-electron chi connectivity index (χ2n) is 4.95. The SMILES string of the molecule is NC(=O)c1cccc(S(=O)(=O)N2CCS(=O)(=O)C(C(=O)O)C2)c1. The molecule has 2 rings (SSSR count). The molecule has 0 radical (unpaired) electrons. The van der Waals surface area contributed by atoms with Gasteiger partial charge in [0.05, 0.1) is 10.6 Å². The average molecular weight is 362 g/mol. The summed E-state index contributed by atoms with van der Waals surface area (Å²) >= 11 is 0. The minimum absolute atomic E-state index is 0.0227. The number of primary amides is 1. The molecular formula is C12H14N2O7S2. The van der Waals surface area contributed by atoms with E-state index in [1.807, 2.05) is 0 Å². The Morgan fingerprint density at radius 2 is 1.96 bits per heavy atom. The first-order valence-electron chi connectivity index (χ1n) is 6.40. The molecule has 0 saturated carbocycles. The van der Waals surface area contributed by atoms with Gasteiger partial charge in [-0.15, -0.1) is 0 Å². The first-order chi connectivity index (χ1) is 10.6. The second-order valence-corrected chi connectivity index (χ2v) is 9.19. The van der Waals surface area contributed by atoms with Crippen LogP contribution >= 0.6 is 0 Å². The highest BCUT2D eigenvalue weighted by Crippen LogP contribution is 2.22. The topological polar surface area (TPSA) is 152 Å². The zero-order chi connectivity index (χ0) is 17.4. The maximum atomic E-state index is 12.5.